The Labute approximate surface area is 128 Å². The van der Waals surface area contributed by atoms with Crippen molar-refractivity contribution in [3.63, 3.8) is 0 Å². The lowest BCUT2D eigenvalue weighted by molar-refractivity contribution is -0.114. The first-order chi connectivity index (χ1) is 10.6. The number of amides is 1. The zero-order valence-electron chi connectivity index (χ0n) is 12.5. The molecule has 0 aliphatic heterocycles. The van der Waals surface area contributed by atoms with Crippen LogP contribution >= 0.6 is 0 Å². The van der Waals surface area contributed by atoms with Gasteiger partial charge in [0.15, 0.2) is 5.65 Å². The van der Waals surface area contributed by atoms with Gasteiger partial charge >= 0.3 is 0 Å². The van der Waals surface area contributed by atoms with Crippen molar-refractivity contribution in [1.29, 1.82) is 0 Å². The third kappa shape index (κ3) is 2.90. The minimum atomic E-state index is -0.0665. The van der Waals surface area contributed by atoms with Gasteiger partial charge in [-0.05, 0) is 30.7 Å². The zero-order valence-corrected chi connectivity index (χ0v) is 12.5. The van der Waals surface area contributed by atoms with Gasteiger partial charge in [0.05, 0.1) is 24.6 Å². The normalized spacial score (nSPS) is 10.6. The highest BCUT2D eigenvalue weighted by molar-refractivity contribution is 5.89. The molecule has 0 aliphatic carbocycles. The fourth-order valence-electron chi connectivity index (χ4n) is 2.32. The molecule has 0 atom stereocenters. The highest BCUT2D eigenvalue weighted by atomic mass is 16.1. The molecule has 3 rings (SSSR count). The number of nitrogens with one attached hydrogen (secondary N) is 2. The van der Waals surface area contributed by atoms with Crippen LogP contribution < -0.4 is 10.6 Å². The maximum Gasteiger partial charge on any atom is 0.221 e. The third-order valence-electron chi connectivity index (χ3n) is 3.40. The molecule has 2 aromatic heterocycles. The SMILES string of the molecule is CC(=O)Nc1ccc(NCc2cnc3cnccn23)cc1C. The Morgan fingerprint density at radius 3 is 2.95 bits per heavy atom. The number of fused-ring (bicyclic) bond motifs is 1. The van der Waals surface area contributed by atoms with Gasteiger partial charge in [0, 0.05) is 30.7 Å². The molecule has 22 heavy (non-hydrogen) atoms. The number of anilines is 2. The minimum Gasteiger partial charge on any atom is -0.379 e. The number of nitrogens with zero attached hydrogens (tertiary/aromatic N) is 3. The molecule has 0 radical (unpaired) electrons. The second-order valence-electron chi connectivity index (χ2n) is 5.12. The van der Waals surface area contributed by atoms with E-state index in [0.717, 1.165) is 28.3 Å². The highest BCUT2D eigenvalue weighted by Crippen LogP contribution is 2.20. The quantitative estimate of drug-likeness (QED) is 0.776. The van der Waals surface area contributed by atoms with Crippen LogP contribution in [0.15, 0.2) is 43.0 Å². The maximum atomic E-state index is 11.1. The van der Waals surface area contributed by atoms with Crippen molar-refractivity contribution in [3.05, 3.63) is 54.2 Å². The van der Waals surface area contributed by atoms with Crippen molar-refractivity contribution < 1.29 is 4.79 Å². The average Bonchev–Trinajstić information content (AvgIpc) is 2.90. The first-order valence-electron chi connectivity index (χ1n) is 7.01. The zero-order chi connectivity index (χ0) is 15.5. The number of hydrogen-bond acceptors (Lipinski definition) is 4. The second kappa shape index (κ2) is 5.85. The van der Waals surface area contributed by atoms with Gasteiger partial charge in [-0.15, -0.1) is 0 Å². The van der Waals surface area contributed by atoms with E-state index in [1.54, 1.807) is 12.4 Å². The van der Waals surface area contributed by atoms with Gasteiger partial charge in [-0.25, -0.2) is 4.98 Å². The largest absolute Gasteiger partial charge is 0.379 e. The molecule has 6 nitrogen and oxygen atoms in total. The molecule has 0 saturated heterocycles. The van der Waals surface area contributed by atoms with Crippen molar-refractivity contribution >= 4 is 22.9 Å². The van der Waals surface area contributed by atoms with Gasteiger partial charge < -0.3 is 10.6 Å². The standard InChI is InChI=1S/C16H17N5O/c1-11-7-13(3-4-15(11)20-12(2)22)18-8-14-9-19-16-10-17-5-6-21(14)16/h3-7,9-10,18H,8H2,1-2H3,(H,20,22). The number of benzene rings is 1. The van der Waals surface area contributed by atoms with Gasteiger partial charge in [-0.1, -0.05) is 0 Å². The number of rotatable bonds is 4. The number of carbonyl (C=O) groups is 1. The van der Waals surface area contributed by atoms with Crippen molar-refractivity contribution in [2.45, 2.75) is 20.4 Å². The van der Waals surface area contributed by atoms with Crippen LogP contribution in [0.2, 0.25) is 0 Å². The molecule has 0 fully saturated rings. The number of aryl methyl sites for hydroxylation is 1. The minimum absolute atomic E-state index is 0.0665. The van der Waals surface area contributed by atoms with E-state index in [4.69, 9.17) is 0 Å². The Bertz CT molecular complexity index is 824. The Balaban J connectivity index is 1.74. The van der Waals surface area contributed by atoms with Crippen LogP contribution in [0.4, 0.5) is 11.4 Å². The Morgan fingerprint density at radius 1 is 1.32 bits per heavy atom. The van der Waals surface area contributed by atoms with Crippen molar-refractivity contribution in [3.8, 4) is 0 Å². The van der Waals surface area contributed by atoms with E-state index in [2.05, 4.69) is 20.6 Å². The number of aromatic nitrogens is 3. The topological polar surface area (TPSA) is 71.3 Å². The molecule has 0 bridgehead atoms. The number of carbonyl (C=O) groups excluding carboxylic acids is 1. The smallest absolute Gasteiger partial charge is 0.221 e. The van der Waals surface area contributed by atoms with Crippen LogP contribution in [0.3, 0.4) is 0 Å². The first kappa shape index (κ1) is 14.1. The lowest BCUT2D eigenvalue weighted by Gasteiger charge is -2.11. The summed E-state index contributed by atoms with van der Waals surface area (Å²) in [6, 6.07) is 5.86. The Hall–Kier alpha value is -2.89. The van der Waals surface area contributed by atoms with Crippen LogP contribution in [0, 0.1) is 6.92 Å². The molecule has 2 heterocycles. The van der Waals surface area contributed by atoms with E-state index >= 15 is 0 Å². The third-order valence-corrected chi connectivity index (χ3v) is 3.40. The molecule has 0 aliphatic rings. The molecule has 112 valence electrons. The Morgan fingerprint density at radius 2 is 2.18 bits per heavy atom. The molecule has 1 amide bonds. The molecular weight excluding hydrogens is 278 g/mol. The fourth-order valence-corrected chi connectivity index (χ4v) is 2.32. The number of hydrogen-bond donors (Lipinski definition) is 2. The number of imidazole rings is 1. The molecule has 0 spiro atoms. The molecular formula is C16H17N5O. The summed E-state index contributed by atoms with van der Waals surface area (Å²) in [6.07, 6.45) is 7.20. The molecule has 0 saturated carbocycles. The van der Waals surface area contributed by atoms with E-state index in [9.17, 15) is 4.79 Å². The van der Waals surface area contributed by atoms with E-state index in [-0.39, 0.29) is 5.91 Å². The summed E-state index contributed by atoms with van der Waals surface area (Å²) in [6.45, 7) is 4.13. The van der Waals surface area contributed by atoms with Gasteiger partial charge in [-0.3, -0.25) is 14.2 Å². The first-order valence-corrected chi connectivity index (χ1v) is 7.01. The van der Waals surface area contributed by atoms with Gasteiger partial charge in [-0.2, -0.15) is 0 Å². The second-order valence-corrected chi connectivity index (χ2v) is 5.12. The summed E-state index contributed by atoms with van der Waals surface area (Å²) in [4.78, 5) is 19.5. The summed E-state index contributed by atoms with van der Waals surface area (Å²) < 4.78 is 2.00. The van der Waals surface area contributed by atoms with E-state index in [1.807, 2.05) is 41.9 Å². The van der Waals surface area contributed by atoms with Crippen LogP contribution in [0.1, 0.15) is 18.2 Å². The molecule has 6 heteroatoms. The Kier molecular flexibility index (Phi) is 3.74. The lowest BCUT2D eigenvalue weighted by atomic mass is 10.1. The van der Waals surface area contributed by atoms with Gasteiger partial charge in [0.2, 0.25) is 5.91 Å². The summed E-state index contributed by atoms with van der Waals surface area (Å²) in [5.41, 5.74) is 4.73. The average molecular weight is 295 g/mol. The van der Waals surface area contributed by atoms with Gasteiger partial charge in [0.1, 0.15) is 0 Å². The molecule has 0 unspecified atom stereocenters. The van der Waals surface area contributed by atoms with Crippen molar-refractivity contribution in [1.82, 2.24) is 14.4 Å². The lowest BCUT2D eigenvalue weighted by Crippen LogP contribution is -2.08. The summed E-state index contributed by atoms with van der Waals surface area (Å²) in [5.74, 6) is -0.0665. The monoisotopic (exact) mass is 295 g/mol. The summed E-state index contributed by atoms with van der Waals surface area (Å²) >= 11 is 0. The summed E-state index contributed by atoms with van der Waals surface area (Å²) in [5, 5.41) is 6.17. The van der Waals surface area contributed by atoms with Crippen LogP contribution in [-0.4, -0.2) is 20.3 Å². The summed E-state index contributed by atoms with van der Waals surface area (Å²) in [7, 11) is 0. The van der Waals surface area contributed by atoms with Crippen LogP contribution in [0.25, 0.3) is 5.65 Å². The fraction of sp³-hybridized carbons (Fsp3) is 0.188. The van der Waals surface area contributed by atoms with Crippen LogP contribution in [-0.2, 0) is 11.3 Å². The van der Waals surface area contributed by atoms with E-state index in [1.165, 1.54) is 6.92 Å². The predicted octanol–water partition coefficient (Wildman–Crippen LogP) is 2.61. The molecule has 3 aromatic rings. The predicted molar refractivity (Wildman–Crippen MR) is 85.8 cm³/mol. The maximum absolute atomic E-state index is 11.1. The van der Waals surface area contributed by atoms with E-state index < -0.39 is 0 Å². The molecule has 2 N–H and O–H groups in total. The highest BCUT2D eigenvalue weighted by Gasteiger charge is 2.04. The van der Waals surface area contributed by atoms with E-state index in [0.29, 0.717) is 6.54 Å². The van der Waals surface area contributed by atoms with Crippen molar-refractivity contribution in [2.75, 3.05) is 10.6 Å². The van der Waals surface area contributed by atoms with Gasteiger partial charge in [0.25, 0.3) is 0 Å². The molecule has 1 aromatic carbocycles. The van der Waals surface area contributed by atoms with Crippen LogP contribution in [0.5, 0.6) is 0 Å². The van der Waals surface area contributed by atoms with Crippen molar-refractivity contribution in [2.24, 2.45) is 0 Å².